The van der Waals surface area contributed by atoms with Crippen LogP contribution in [0.1, 0.15) is 37.5 Å². The standard InChI is InChI=1S/C22H22O5/c1-22(2,3)27-19(23)13-15-8-6-7-14(11-15)12-17-20(24)16-9-4-5-10-18(16)26-21(17)25/h4-11,24H,12-13H2,1-3H3. The summed E-state index contributed by atoms with van der Waals surface area (Å²) in [5, 5.41) is 11.0. The molecule has 0 aliphatic carbocycles. The van der Waals surface area contributed by atoms with Crippen LogP contribution in [0.2, 0.25) is 0 Å². The Morgan fingerprint density at radius 3 is 2.52 bits per heavy atom. The molecule has 0 aliphatic rings. The molecule has 0 unspecified atom stereocenters. The number of carbonyl (C=O) groups is 1. The van der Waals surface area contributed by atoms with Gasteiger partial charge in [-0.3, -0.25) is 4.79 Å². The maximum Gasteiger partial charge on any atom is 0.343 e. The minimum Gasteiger partial charge on any atom is -0.507 e. The second-order valence-corrected chi connectivity index (χ2v) is 7.47. The number of fused-ring (bicyclic) bond motifs is 1. The smallest absolute Gasteiger partial charge is 0.343 e. The molecule has 1 heterocycles. The first-order valence-electron chi connectivity index (χ1n) is 8.76. The van der Waals surface area contributed by atoms with E-state index in [0.717, 1.165) is 11.1 Å². The molecule has 0 radical (unpaired) electrons. The molecule has 0 amide bonds. The lowest BCUT2D eigenvalue weighted by atomic mass is 10.0. The fourth-order valence-corrected chi connectivity index (χ4v) is 2.93. The Bertz CT molecular complexity index is 1040. The third-order valence-corrected chi connectivity index (χ3v) is 4.02. The number of hydrogen-bond donors (Lipinski definition) is 1. The molecule has 0 atom stereocenters. The number of aromatic hydroxyl groups is 1. The van der Waals surface area contributed by atoms with Crippen LogP contribution < -0.4 is 5.63 Å². The van der Waals surface area contributed by atoms with Crippen LogP contribution in [-0.4, -0.2) is 16.7 Å². The number of benzene rings is 2. The van der Waals surface area contributed by atoms with E-state index in [2.05, 4.69) is 0 Å². The summed E-state index contributed by atoms with van der Waals surface area (Å²) >= 11 is 0. The third kappa shape index (κ3) is 4.56. The molecule has 1 aromatic heterocycles. The molecule has 5 nitrogen and oxygen atoms in total. The normalized spacial score (nSPS) is 11.5. The van der Waals surface area contributed by atoms with Gasteiger partial charge in [-0.2, -0.15) is 0 Å². The molecule has 5 heteroatoms. The van der Waals surface area contributed by atoms with Gasteiger partial charge in [0.25, 0.3) is 0 Å². The van der Waals surface area contributed by atoms with Crippen molar-refractivity contribution in [2.24, 2.45) is 0 Å². The molecular weight excluding hydrogens is 344 g/mol. The summed E-state index contributed by atoms with van der Waals surface area (Å²) < 4.78 is 10.6. The molecule has 0 saturated heterocycles. The first-order valence-corrected chi connectivity index (χ1v) is 8.76. The lowest BCUT2D eigenvalue weighted by Crippen LogP contribution is -2.24. The Morgan fingerprint density at radius 1 is 1.07 bits per heavy atom. The van der Waals surface area contributed by atoms with Crippen LogP contribution in [0.5, 0.6) is 5.75 Å². The number of ether oxygens (including phenoxy) is 1. The fourth-order valence-electron chi connectivity index (χ4n) is 2.93. The summed E-state index contributed by atoms with van der Waals surface area (Å²) in [6, 6.07) is 14.2. The number of rotatable bonds is 4. The van der Waals surface area contributed by atoms with E-state index in [1.165, 1.54) is 0 Å². The lowest BCUT2D eigenvalue weighted by Gasteiger charge is -2.19. The van der Waals surface area contributed by atoms with Crippen LogP contribution in [0.4, 0.5) is 0 Å². The Hall–Kier alpha value is -3.08. The van der Waals surface area contributed by atoms with Crippen molar-refractivity contribution in [1.29, 1.82) is 0 Å². The van der Waals surface area contributed by atoms with Crippen molar-refractivity contribution >= 4 is 16.9 Å². The maximum absolute atomic E-state index is 12.3. The van der Waals surface area contributed by atoms with E-state index in [0.29, 0.717) is 11.0 Å². The molecule has 3 aromatic rings. The Labute approximate surface area is 157 Å². The fraction of sp³-hybridized carbons (Fsp3) is 0.273. The SMILES string of the molecule is CC(C)(C)OC(=O)Cc1cccc(Cc2c(O)c3ccccc3oc2=O)c1. The average molecular weight is 366 g/mol. The van der Waals surface area contributed by atoms with Crippen molar-refractivity contribution in [3.05, 3.63) is 75.6 Å². The molecular formula is C22H22O5. The van der Waals surface area contributed by atoms with Crippen molar-refractivity contribution < 1.29 is 19.1 Å². The highest BCUT2D eigenvalue weighted by molar-refractivity contribution is 5.84. The monoisotopic (exact) mass is 366 g/mol. The predicted molar refractivity (Wildman–Crippen MR) is 103 cm³/mol. The van der Waals surface area contributed by atoms with Crippen LogP contribution in [0.25, 0.3) is 11.0 Å². The van der Waals surface area contributed by atoms with Gasteiger partial charge in [0.2, 0.25) is 0 Å². The summed E-state index contributed by atoms with van der Waals surface area (Å²) in [6.07, 6.45) is 0.352. The summed E-state index contributed by atoms with van der Waals surface area (Å²) in [5.74, 6) is -0.382. The minimum atomic E-state index is -0.566. The van der Waals surface area contributed by atoms with E-state index in [1.54, 1.807) is 24.3 Å². The van der Waals surface area contributed by atoms with Gasteiger partial charge < -0.3 is 14.3 Å². The molecule has 0 saturated carbocycles. The zero-order valence-corrected chi connectivity index (χ0v) is 15.6. The van der Waals surface area contributed by atoms with Crippen molar-refractivity contribution in [3.8, 4) is 5.75 Å². The predicted octanol–water partition coefficient (Wildman–Crippen LogP) is 3.97. The van der Waals surface area contributed by atoms with E-state index in [4.69, 9.17) is 9.15 Å². The van der Waals surface area contributed by atoms with E-state index in [-0.39, 0.29) is 30.1 Å². The Kier molecular flexibility index (Phi) is 5.04. The van der Waals surface area contributed by atoms with Gasteiger partial charge in [0.05, 0.1) is 17.4 Å². The molecule has 0 aliphatic heterocycles. The summed E-state index contributed by atoms with van der Waals surface area (Å²) in [6.45, 7) is 5.47. The summed E-state index contributed by atoms with van der Waals surface area (Å²) in [4.78, 5) is 24.3. The highest BCUT2D eigenvalue weighted by atomic mass is 16.6. The molecule has 0 spiro atoms. The highest BCUT2D eigenvalue weighted by Crippen LogP contribution is 2.27. The van der Waals surface area contributed by atoms with Crippen LogP contribution in [0, 0.1) is 0 Å². The quantitative estimate of drug-likeness (QED) is 0.558. The largest absolute Gasteiger partial charge is 0.507 e. The van der Waals surface area contributed by atoms with Gasteiger partial charge in [-0.1, -0.05) is 36.4 Å². The van der Waals surface area contributed by atoms with Crippen molar-refractivity contribution in [2.45, 2.75) is 39.2 Å². The van der Waals surface area contributed by atoms with E-state index in [9.17, 15) is 14.7 Å². The zero-order valence-electron chi connectivity index (χ0n) is 15.6. The minimum absolute atomic E-state index is 0.0700. The van der Waals surface area contributed by atoms with Crippen molar-refractivity contribution in [1.82, 2.24) is 0 Å². The number of carbonyl (C=O) groups excluding carboxylic acids is 1. The van der Waals surface area contributed by atoms with Crippen LogP contribution >= 0.6 is 0 Å². The van der Waals surface area contributed by atoms with E-state index in [1.807, 2.05) is 45.0 Å². The second kappa shape index (κ2) is 7.27. The first-order chi connectivity index (χ1) is 12.7. The van der Waals surface area contributed by atoms with Crippen LogP contribution in [-0.2, 0) is 22.4 Å². The second-order valence-electron chi connectivity index (χ2n) is 7.47. The van der Waals surface area contributed by atoms with Gasteiger partial charge in [0, 0.05) is 6.42 Å². The molecule has 3 rings (SSSR count). The van der Waals surface area contributed by atoms with Crippen molar-refractivity contribution in [2.75, 3.05) is 0 Å². The molecule has 0 fully saturated rings. The van der Waals surface area contributed by atoms with E-state index >= 15 is 0 Å². The van der Waals surface area contributed by atoms with Gasteiger partial charge >= 0.3 is 11.6 Å². The van der Waals surface area contributed by atoms with Gasteiger partial charge in [-0.15, -0.1) is 0 Å². The van der Waals surface area contributed by atoms with Gasteiger partial charge in [-0.25, -0.2) is 4.79 Å². The topological polar surface area (TPSA) is 76.7 Å². The van der Waals surface area contributed by atoms with E-state index < -0.39 is 11.2 Å². The molecule has 140 valence electrons. The Morgan fingerprint density at radius 2 is 1.78 bits per heavy atom. The van der Waals surface area contributed by atoms with Crippen LogP contribution in [0.3, 0.4) is 0 Å². The number of para-hydroxylation sites is 1. The highest BCUT2D eigenvalue weighted by Gasteiger charge is 2.17. The van der Waals surface area contributed by atoms with Gasteiger partial charge in [0.1, 0.15) is 16.9 Å². The maximum atomic E-state index is 12.3. The number of esters is 1. The Balaban J connectivity index is 1.86. The van der Waals surface area contributed by atoms with Gasteiger partial charge in [-0.05, 0) is 44.0 Å². The summed E-state index contributed by atoms with van der Waals surface area (Å²) in [5.41, 5.74) is 1.03. The van der Waals surface area contributed by atoms with Crippen molar-refractivity contribution in [3.63, 3.8) is 0 Å². The van der Waals surface area contributed by atoms with Crippen LogP contribution in [0.15, 0.2) is 57.7 Å². The molecule has 27 heavy (non-hydrogen) atoms. The summed E-state index contributed by atoms with van der Waals surface area (Å²) in [7, 11) is 0. The molecule has 1 N–H and O–H groups in total. The number of hydrogen-bond acceptors (Lipinski definition) is 5. The van der Waals surface area contributed by atoms with Gasteiger partial charge in [0.15, 0.2) is 0 Å². The first kappa shape index (κ1) is 18.7. The average Bonchev–Trinajstić information content (AvgIpc) is 2.57. The lowest BCUT2D eigenvalue weighted by molar-refractivity contribution is -0.153. The molecule has 2 aromatic carbocycles. The zero-order chi connectivity index (χ0) is 19.6. The molecule has 0 bridgehead atoms. The third-order valence-electron chi connectivity index (χ3n) is 4.02.